The van der Waals surface area contributed by atoms with E-state index < -0.39 is 6.10 Å². The van der Waals surface area contributed by atoms with Crippen LogP contribution in [0.4, 0.5) is 0 Å². The molecule has 10 heteroatoms. The number of amides is 2. The number of likely N-dealkylation sites (tertiary alicyclic amines) is 1. The molecule has 194 valence electrons. The van der Waals surface area contributed by atoms with Crippen LogP contribution in [0, 0.1) is 6.92 Å². The van der Waals surface area contributed by atoms with Crippen molar-refractivity contribution in [2.75, 3.05) is 26.7 Å². The van der Waals surface area contributed by atoms with Crippen molar-refractivity contribution in [1.29, 1.82) is 0 Å². The van der Waals surface area contributed by atoms with Gasteiger partial charge in [-0.2, -0.15) is 0 Å². The fourth-order valence-corrected chi connectivity index (χ4v) is 5.05. The van der Waals surface area contributed by atoms with Gasteiger partial charge in [0.2, 0.25) is 0 Å². The van der Waals surface area contributed by atoms with E-state index in [9.17, 15) is 14.7 Å². The van der Waals surface area contributed by atoms with Crippen LogP contribution in [0.25, 0.3) is 0 Å². The molecule has 0 bridgehead atoms. The molecule has 2 atom stereocenters. The van der Waals surface area contributed by atoms with Gasteiger partial charge < -0.3 is 24.6 Å². The lowest BCUT2D eigenvalue weighted by Gasteiger charge is -2.26. The van der Waals surface area contributed by atoms with Crippen molar-refractivity contribution in [3.05, 3.63) is 82.2 Å². The Morgan fingerprint density at radius 2 is 1.97 bits per heavy atom. The smallest absolute Gasteiger partial charge is 0.254 e. The van der Waals surface area contributed by atoms with Crippen LogP contribution in [0.5, 0.6) is 5.75 Å². The molecule has 0 aliphatic carbocycles. The van der Waals surface area contributed by atoms with E-state index in [0.29, 0.717) is 34.8 Å². The normalized spacial score (nSPS) is 19.8. The first-order valence-electron chi connectivity index (χ1n) is 12.4. The third kappa shape index (κ3) is 5.36. The fourth-order valence-electron chi connectivity index (χ4n) is 5.05. The highest BCUT2D eigenvalue weighted by Gasteiger charge is 2.36. The zero-order chi connectivity index (χ0) is 25.9. The standard InChI is InChI=1S/C27H31N5O5/c1-16-8-21(31-37-16)14-28-26(34)18-5-3-4-17(9-18)24-11-22(33)15-32(24)27(35)19-6-7-23(25(10-19)36-2)20-12-29-30-13-20/h3-10,20,22,24,29-30,33H,11-15H2,1-2H3,(H,28,34)/t22?,24-/m1/s1. The number of hydrazine groups is 1. The third-order valence-corrected chi connectivity index (χ3v) is 6.92. The molecule has 1 unspecified atom stereocenters. The number of β-amino-alcohol motifs (C(OH)–C–C–N with tert-alkyl or cyclic N) is 1. The summed E-state index contributed by atoms with van der Waals surface area (Å²) < 4.78 is 10.7. The minimum absolute atomic E-state index is 0.190. The van der Waals surface area contributed by atoms with Gasteiger partial charge in [0.05, 0.1) is 25.8 Å². The Balaban J connectivity index is 1.34. The summed E-state index contributed by atoms with van der Waals surface area (Å²) >= 11 is 0. The number of ether oxygens (including phenoxy) is 1. The van der Waals surface area contributed by atoms with E-state index in [1.807, 2.05) is 18.2 Å². The molecular weight excluding hydrogens is 474 g/mol. The Hall–Kier alpha value is -3.73. The van der Waals surface area contributed by atoms with Crippen LogP contribution in [0.2, 0.25) is 0 Å². The zero-order valence-electron chi connectivity index (χ0n) is 20.9. The van der Waals surface area contributed by atoms with Gasteiger partial charge in [0.1, 0.15) is 17.2 Å². The number of hydrogen-bond donors (Lipinski definition) is 4. The van der Waals surface area contributed by atoms with Gasteiger partial charge in [-0.3, -0.25) is 20.4 Å². The molecule has 3 heterocycles. The maximum absolute atomic E-state index is 13.6. The minimum Gasteiger partial charge on any atom is -0.496 e. The van der Waals surface area contributed by atoms with Crippen molar-refractivity contribution in [3.63, 3.8) is 0 Å². The van der Waals surface area contributed by atoms with Crippen molar-refractivity contribution in [3.8, 4) is 5.75 Å². The van der Waals surface area contributed by atoms with Crippen LogP contribution in [0.1, 0.15) is 61.7 Å². The zero-order valence-corrected chi connectivity index (χ0v) is 20.9. The van der Waals surface area contributed by atoms with Crippen LogP contribution in [-0.2, 0) is 6.54 Å². The number of benzene rings is 2. The van der Waals surface area contributed by atoms with E-state index in [4.69, 9.17) is 9.26 Å². The van der Waals surface area contributed by atoms with Crippen LogP contribution < -0.4 is 20.9 Å². The Bertz CT molecular complexity index is 1290. The second-order valence-electron chi connectivity index (χ2n) is 9.52. The summed E-state index contributed by atoms with van der Waals surface area (Å²) in [6, 6.07) is 14.1. The molecule has 0 radical (unpaired) electrons. The van der Waals surface area contributed by atoms with E-state index in [2.05, 4.69) is 21.3 Å². The molecule has 2 aromatic carbocycles. The number of nitrogens with one attached hydrogen (secondary N) is 3. The van der Waals surface area contributed by atoms with Gasteiger partial charge >= 0.3 is 0 Å². The predicted molar refractivity (Wildman–Crippen MR) is 135 cm³/mol. The molecule has 2 fully saturated rings. The highest BCUT2D eigenvalue weighted by Crippen LogP contribution is 2.35. The molecule has 1 aromatic heterocycles. The molecule has 2 aliphatic heterocycles. The molecule has 2 aliphatic rings. The lowest BCUT2D eigenvalue weighted by Crippen LogP contribution is -2.32. The molecule has 2 saturated heterocycles. The van der Waals surface area contributed by atoms with Crippen LogP contribution in [-0.4, -0.2) is 59.8 Å². The molecule has 0 spiro atoms. The molecular formula is C27H31N5O5. The summed E-state index contributed by atoms with van der Waals surface area (Å²) in [5, 5.41) is 17.2. The number of aliphatic hydroxyl groups excluding tert-OH is 1. The summed E-state index contributed by atoms with van der Waals surface area (Å²) in [6.45, 7) is 3.82. The number of carbonyl (C=O) groups excluding carboxylic acids is 2. The largest absolute Gasteiger partial charge is 0.496 e. The van der Waals surface area contributed by atoms with Crippen LogP contribution in [0.15, 0.2) is 53.1 Å². The van der Waals surface area contributed by atoms with Crippen molar-refractivity contribution in [2.45, 2.75) is 38.0 Å². The lowest BCUT2D eigenvalue weighted by molar-refractivity contribution is 0.0715. The summed E-state index contributed by atoms with van der Waals surface area (Å²) in [4.78, 5) is 28.1. The first kappa shape index (κ1) is 24.9. The molecule has 2 amide bonds. The predicted octanol–water partition coefficient (Wildman–Crippen LogP) is 2.06. The average molecular weight is 506 g/mol. The van der Waals surface area contributed by atoms with Crippen molar-refractivity contribution >= 4 is 11.8 Å². The highest BCUT2D eigenvalue weighted by atomic mass is 16.5. The number of rotatable bonds is 7. The van der Waals surface area contributed by atoms with E-state index in [0.717, 1.165) is 24.2 Å². The molecule has 10 nitrogen and oxygen atoms in total. The lowest BCUT2D eigenvalue weighted by atomic mass is 9.97. The van der Waals surface area contributed by atoms with Crippen LogP contribution in [0.3, 0.4) is 0 Å². The Kier molecular flexibility index (Phi) is 7.22. The summed E-state index contributed by atoms with van der Waals surface area (Å²) in [6.07, 6.45) is -0.262. The molecule has 3 aromatic rings. The van der Waals surface area contributed by atoms with E-state index in [1.165, 1.54) is 0 Å². The molecule has 0 saturated carbocycles. The minimum atomic E-state index is -0.654. The number of nitrogens with zero attached hydrogens (tertiary/aromatic N) is 2. The Morgan fingerprint density at radius 3 is 2.70 bits per heavy atom. The maximum Gasteiger partial charge on any atom is 0.254 e. The molecule has 4 N–H and O–H groups in total. The number of methoxy groups -OCH3 is 1. The van der Waals surface area contributed by atoms with Crippen molar-refractivity contribution < 1.29 is 24.0 Å². The van der Waals surface area contributed by atoms with Crippen molar-refractivity contribution in [2.24, 2.45) is 0 Å². The van der Waals surface area contributed by atoms with Gasteiger partial charge in [-0.05, 0) is 48.7 Å². The van der Waals surface area contributed by atoms with Crippen LogP contribution >= 0.6 is 0 Å². The quantitative estimate of drug-likeness (QED) is 0.384. The fraction of sp³-hybridized carbons (Fsp3) is 0.370. The van der Waals surface area contributed by atoms with E-state index in [1.54, 1.807) is 49.3 Å². The number of aromatic nitrogens is 1. The third-order valence-electron chi connectivity index (χ3n) is 6.92. The summed E-state index contributed by atoms with van der Waals surface area (Å²) in [5.74, 6) is 1.15. The van der Waals surface area contributed by atoms with E-state index >= 15 is 0 Å². The van der Waals surface area contributed by atoms with Gasteiger partial charge in [-0.25, -0.2) is 0 Å². The Labute approximate surface area is 214 Å². The monoisotopic (exact) mass is 505 g/mol. The first-order valence-corrected chi connectivity index (χ1v) is 12.4. The van der Waals surface area contributed by atoms with Gasteiger partial charge in [0, 0.05) is 42.7 Å². The second kappa shape index (κ2) is 10.7. The Morgan fingerprint density at radius 1 is 1.16 bits per heavy atom. The molecule has 37 heavy (non-hydrogen) atoms. The number of aliphatic hydroxyl groups is 1. The number of aryl methyl sites for hydroxylation is 1. The molecule has 5 rings (SSSR count). The topological polar surface area (TPSA) is 129 Å². The summed E-state index contributed by atoms with van der Waals surface area (Å²) in [5.41, 5.74) is 9.67. The second-order valence-corrected chi connectivity index (χ2v) is 9.52. The summed E-state index contributed by atoms with van der Waals surface area (Å²) in [7, 11) is 1.60. The maximum atomic E-state index is 13.6. The highest BCUT2D eigenvalue weighted by molar-refractivity contribution is 5.96. The van der Waals surface area contributed by atoms with Crippen molar-refractivity contribution in [1.82, 2.24) is 26.2 Å². The number of carbonyl (C=O) groups is 2. The number of hydrogen-bond acceptors (Lipinski definition) is 8. The average Bonchev–Trinajstić information content (AvgIpc) is 3.68. The van der Waals surface area contributed by atoms with Gasteiger partial charge in [0.15, 0.2) is 0 Å². The SMILES string of the molecule is COc1cc(C(=O)N2CC(O)C[C@@H]2c2cccc(C(=O)NCc3cc(C)on3)c2)ccc1C1CNNC1. The van der Waals surface area contributed by atoms with Gasteiger partial charge in [-0.1, -0.05) is 23.4 Å². The van der Waals surface area contributed by atoms with Gasteiger partial charge in [0.25, 0.3) is 11.8 Å². The van der Waals surface area contributed by atoms with Gasteiger partial charge in [-0.15, -0.1) is 0 Å². The first-order chi connectivity index (χ1) is 17.9. The van der Waals surface area contributed by atoms with E-state index in [-0.39, 0.29) is 36.9 Å².